The number of unbranched alkanes of at least 4 members (excludes halogenated alkanes) is 3. The predicted molar refractivity (Wildman–Crippen MR) is 106 cm³/mol. The van der Waals surface area contributed by atoms with E-state index in [1.165, 1.54) is 62.0 Å². The molecule has 4 nitrogen and oxygen atoms in total. The Morgan fingerprint density at radius 1 is 0.967 bits per heavy atom. The van der Waals surface area contributed by atoms with E-state index in [4.69, 9.17) is 0 Å². The molecule has 0 aliphatic rings. The number of nitrogens with zero attached hydrogens (tertiary/aromatic N) is 1. The van der Waals surface area contributed by atoms with E-state index in [0.29, 0.717) is 12.4 Å². The normalized spacial score (nSPS) is 12.4. The van der Waals surface area contributed by atoms with Crippen LogP contribution in [0.25, 0.3) is 0 Å². The van der Waals surface area contributed by atoms with Gasteiger partial charge >= 0.3 is 24.3 Å². The number of carbonyl (C=O) groups is 1. The van der Waals surface area contributed by atoms with Gasteiger partial charge in [0.1, 0.15) is 12.4 Å². The van der Waals surface area contributed by atoms with E-state index in [1.807, 2.05) is 0 Å². The Morgan fingerprint density at radius 2 is 1.40 bits per heavy atom. The molecule has 0 aromatic carbocycles. The Morgan fingerprint density at radius 3 is 1.67 bits per heavy atom. The summed E-state index contributed by atoms with van der Waals surface area (Å²) in [4.78, 5) is 12.6. The van der Waals surface area contributed by atoms with E-state index < -0.39 is 36.1 Å². The first-order valence-electron chi connectivity index (χ1n) is 10.1. The summed E-state index contributed by atoms with van der Waals surface area (Å²) >= 11 is 0. The summed E-state index contributed by atoms with van der Waals surface area (Å²) in [6, 6.07) is 0. The summed E-state index contributed by atoms with van der Waals surface area (Å²) in [5, 5.41) is 9.17. The minimum atomic E-state index is -5.06. The first-order chi connectivity index (χ1) is 13.8. The van der Waals surface area contributed by atoms with Gasteiger partial charge in [0.25, 0.3) is 0 Å². The van der Waals surface area contributed by atoms with Crippen LogP contribution in [0, 0.1) is 0 Å². The first-order valence-corrected chi connectivity index (χ1v) is 12.7. The Balaban J connectivity index is 0.000000579. The molecule has 0 spiro atoms. The van der Waals surface area contributed by atoms with Crippen LogP contribution in [0.15, 0.2) is 12.4 Å². The second-order valence-electron chi connectivity index (χ2n) is 7.27. The Hall–Kier alpha value is -1.31. The SMILES string of the molecule is CCCC[P+](CCCC)(CCCC)CC(=O)O.FC(F)(F)c1[nH]cc[n+]1C(F)(F)F. The smallest absolute Gasteiger partial charge is 0.479 e. The first kappa shape index (κ1) is 28.7. The van der Waals surface area contributed by atoms with Crippen LogP contribution in [-0.2, 0) is 17.3 Å². The number of alkyl halides is 6. The number of nitrogens with one attached hydrogen (secondary N) is 1. The van der Waals surface area contributed by atoms with Crippen LogP contribution >= 0.6 is 7.26 Å². The molecular formula is C19H33F6N2O2P+2. The van der Waals surface area contributed by atoms with Gasteiger partial charge in [-0.1, -0.05) is 40.0 Å². The minimum absolute atomic E-state index is 0.267. The molecule has 1 aromatic heterocycles. The summed E-state index contributed by atoms with van der Waals surface area (Å²) in [7, 11) is -1.20. The van der Waals surface area contributed by atoms with Crippen LogP contribution < -0.4 is 4.57 Å². The standard InChI is InChI=1S/C14H29O2P.C5H2F6N2/c1-4-7-10-17(11-8-5-2,12-9-6-3)13-14(15)16;6-4(7,8)3-12-1-2-13(3)5(9,10)11/h4-13H2,1-3H3;1-2H/p+2. The summed E-state index contributed by atoms with van der Waals surface area (Å²) in [6.45, 7) is 6.61. The van der Waals surface area contributed by atoms with Crippen LogP contribution in [0.4, 0.5) is 26.3 Å². The van der Waals surface area contributed by atoms with Gasteiger partial charge in [0.15, 0.2) is 6.16 Å². The van der Waals surface area contributed by atoms with Crippen LogP contribution in [0.1, 0.15) is 65.1 Å². The summed E-state index contributed by atoms with van der Waals surface area (Å²) in [5.41, 5.74) is 0. The molecule has 0 aliphatic heterocycles. The van der Waals surface area contributed by atoms with Crippen molar-refractivity contribution in [2.75, 3.05) is 24.6 Å². The zero-order chi connectivity index (χ0) is 23.4. The molecule has 0 unspecified atom stereocenters. The number of aliphatic carboxylic acids is 1. The molecule has 11 heteroatoms. The molecule has 0 bridgehead atoms. The highest BCUT2D eigenvalue weighted by Gasteiger charge is 2.50. The summed E-state index contributed by atoms with van der Waals surface area (Å²) in [5.74, 6) is -2.42. The number of H-pyrrole nitrogens is 1. The van der Waals surface area contributed by atoms with Gasteiger partial charge in [-0.3, -0.25) is 0 Å². The largest absolute Gasteiger partial charge is 0.567 e. The second-order valence-corrected chi connectivity index (χ2v) is 11.6. The molecule has 0 saturated heterocycles. The number of aromatic amines is 1. The molecule has 0 radical (unpaired) electrons. The lowest BCUT2D eigenvalue weighted by molar-refractivity contribution is -0.864. The molecule has 176 valence electrons. The lowest BCUT2D eigenvalue weighted by atomic mass is 10.4. The highest BCUT2D eigenvalue weighted by molar-refractivity contribution is 7.76. The number of halogens is 6. The minimum Gasteiger partial charge on any atom is -0.479 e. The van der Waals surface area contributed by atoms with E-state index in [2.05, 4.69) is 20.8 Å². The fraction of sp³-hybridized carbons (Fsp3) is 0.789. The van der Waals surface area contributed by atoms with Gasteiger partial charge in [-0.15, -0.1) is 17.7 Å². The number of hydrogen-bond donors (Lipinski definition) is 2. The number of rotatable bonds is 11. The van der Waals surface area contributed by atoms with Gasteiger partial charge in [0.05, 0.1) is 18.5 Å². The molecule has 0 aliphatic carbocycles. The van der Waals surface area contributed by atoms with Gasteiger partial charge < -0.3 is 5.11 Å². The predicted octanol–water partition coefficient (Wildman–Crippen LogP) is 6.29. The molecule has 0 amide bonds. The van der Waals surface area contributed by atoms with Crippen molar-refractivity contribution in [3.05, 3.63) is 18.2 Å². The highest BCUT2D eigenvalue weighted by Crippen LogP contribution is 2.60. The highest BCUT2D eigenvalue weighted by atomic mass is 31.2. The molecule has 1 rings (SSSR count). The fourth-order valence-corrected chi connectivity index (χ4v) is 7.78. The zero-order valence-electron chi connectivity index (χ0n) is 17.7. The topological polar surface area (TPSA) is 57.0 Å². The average molecular weight is 466 g/mol. The van der Waals surface area contributed by atoms with Crippen molar-refractivity contribution < 1.29 is 40.8 Å². The van der Waals surface area contributed by atoms with Gasteiger partial charge in [-0.25, -0.2) is 9.78 Å². The Labute approximate surface area is 174 Å². The van der Waals surface area contributed by atoms with E-state index in [-0.39, 0.29) is 6.20 Å². The van der Waals surface area contributed by atoms with Crippen molar-refractivity contribution in [1.82, 2.24) is 4.98 Å². The van der Waals surface area contributed by atoms with E-state index in [9.17, 15) is 36.2 Å². The lowest BCUT2D eigenvalue weighted by Crippen LogP contribution is -2.51. The van der Waals surface area contributed by atoms with Crippen LogP contribution in [-0.4, -0.2) is 40.7 Å². The molecule has 0 atom stereocenters. The van der Waals surface area contributed by atoms with Crippen molar-refractivity contribution in [2.24, 2.45) is 0 Å². The molecule has 1 heterocycles. The van der Waals surface area contributed by atoms with Crippen LogP contribution in [0.2, 0.25) is 0 Å². The van der Waals surface area contributed by atoms with Gasteiger partial charge in [0, 0.05) is 7.26 Å². The van der Waals surface area contributed by atoms with Crippen LogP contribution in [0.3, 0.4) is 0 Å². The second kappa shape index (κ2) is 13.2. The van der Waals surface area contributed by atoms with Crippen LogP contribution in [0.5, 0.6) is 0 Å². The number of aromatic nitrogens is 2. The van der Waals surface area contributed by atoms with Crippen molar-refractivity contribution in [1.29, 1.82) is 0 Å². The van der Waals surface area contributed by atoms with E-state index >= 15 is 0 Å². The van der Waals surface area contributed by atoms with Gasteiger partial charge in [-0.2, -0.15) is 13.2 Å². The van der Waals surface area contributed by atoms with E-state index in [1.54, 1.807) is 0 Å². The number of carboxylic acid groups (broad SMARTS) is 1. The molecule has 2 N–H and O–H groups in total. The Kier molecular flexibility index (Phi) is 12.6. The van der Waals surface area contributed by atoms with Gasteiger partial charge in [0.2, 0.25) is 0 Å². The van der Waals surface area contributed by atoms with Crippen molar-refractivity contribution >= 4 is 13.2 Å². The number of imidazole rings is 1. The van der Waals surface area contributed by atoms with Crippen molar-refractivity contribution in [2.45, 2.75) is 71.8 Å². The maximum atomic E-state index is 11.9. The van der Waals surface area contributed by atoms with E-state index in [0.717, 1.165) is 0 Å². The van der Waals surface area contributed by atoms with Crippen molar-refractivity contribution in [3.63, 3.8) is 0 Å². The lowest BCUT2D eigenvalue weighted by Gasteiger charge is -2.26. The zero-order valence-corrected chi connectivity index (χ0v) is 18.6. The maximum Gasteiger partial charge on any atom is 0.567 e. The Bertz CT molecular complexity index is 567. The maximum absolute atomic E-state index is 11.9. The molecular weight excluding hydrogens is 433 g/mol. The monoisotopic (exact) mass is 466 g/mol. The van der Waals surface area contributed by atoms with Crippen molar-refractivity contribution in [3.8, 4) is 0 Å². The number of carboxylic acids is 1. The molecule has 0 saturated carbocycles. The molecule has 1 aromatic rings. The average Bonchev–Trinajstić information content (AvgIpc) is 3.14. The third-order valence-corrected chi connectivity index (χ3v) is 9.39. The third-order valence-electron chi connectivity index (χ3n) is 4.65. The summed E-state index contributed by atoms with van der Waals surface area (Å²) < 4.78 is 70.3. The van der Waals surface area contributed by atoms with Gasteiger partial charge in [-0.05, 0) is 19.3 Å². The quantitative estimate of drug-likeness (QED) is 0.229. The third kappa shape index (κ3) is 10.6. The molecule has 30 heavy (non-hydrogen) atoms. The number of hydrogen-bond acceptors (Lipinski definition) is 1. The molecule has 0 fully saturated rings. The summed E-state index contributed by atoms with van der Waals surface area (Å²) in [6.07, 6.45) is 2.05. The fourth-order valence-electron chi connectivity index (χ4n) is 3.10.